The van der Waals surface area contributed by atoms with Crippen LogP contribution in [0.1, 0.15) is 19.2 Å². The number of furan rings is 1. The van der Waals surface area contributed by atoms with Gasteiger partial charge in [0.2, 0.25) is 17.6 Å². The minimum absolute atomic E-state index is 0.0811. The molecule has 1 amide bonds. The molecular formula is C21H25N5O3. The quantitative estimate of drug-likeness (QED) is 0.658. The Balaban J connectivity index is 1.34. The van der Waals surface area contributed by atoms with Crippen LogP contribution in [-0.4, -0.2) is 53.7 Å². The van der Waals surface area contributed by atoms with Crippen LogP contribution in [0.25, 0.3) is 11.6 Å². The number of benzene rings is 1. The van der Waals surface area contributed by atoms with E-state index in [4.69, 9.17) is 8.94 Å². The molecule has 0 atom stereocenters. The standard InChI is InChI=1S/C21H25N5O3/c1-2-25-11-13-26(14-12-25)17-7-4-3-6-16(17)22-19(27)9-10-20-23-21(24-29-20)18-8-5-15-28-18/h3-8,15H,2,9-14H2,1H3,(H,22,27). The molecule has 0 aliphatic carbocycles. The number of aryl methyl sites for hydroxylation is 1. The van der Waals surface area contributed by atoms with Crippen molar-refractivity contribution in [2.24, 2.45) is 0 Å². The molecule has 29 heavy (non-hydrogen) atoms. The van der Waals surface area contributed by atoms with Crippen LogP contribution in [0.2, 0.25) is 0 Å². The summed E-state index contributed by atoms with van der Waals surface area (Å²) in [5.74, 6) is 1.27. The van der Waals surface area contributed by atoms with Gasteiger partial charge in [-0.15, -0.1) is 0 Å². The van der Waals surface area contributed by atoms with Crippen LogP contribution in [0, 0.1) is 0 Å². The van der Waals surface area contributed by atoms with Crippen molar-refractivity contribution in [1.29, 1.82) is 0 Å². The van der Waals surface area contributed by atoms with Gasteiger partial charge in [-0.05, 0) is 30.8 Å². The summed E-state index contributed by atoms with van der Waals surface area (Å²) < 4.78 is 10.5. The highest BCUT2D eigenvalue weighted by molar-refractivity contribution is 5.94. The van der Waals surface area contributed by atoms with Crippen LogP contribution in [0.5, 0.6) is 0 Å². The Kier molecular flexibility index (Phi) is 5.90. The van der Waals surface area contributed by atoms with Crippen molar-refractivity contribution in [2.75, 3.05) is 42.9 Å². The van der Waals surface area contributed by atoms with Crippen LogP contribution < -0.4 is 10.2 Å². The third-order valence-corrected chi connectivity index (χ3v) is 5.11. The Hall–Kier alpha value is -3.13. The number of rotatable bonds is 7. The first kappa shape index (κ1) is 19.2. The molecule has 8 nitrogen and oxygen atoms in total. The number of nitrogens with zero attached hydrogens (tertiary/aromatic N) is 4. The monoisotopic (exact) mass is 395 g/mol. The highest BCUT2D eigenvalue weighted by atomic mass is 16.5. The molecule has 0 bridgehead atoms. The van der Waals surface area contributed by atoms with Crippen LogP contribution in [0.4, 0.5) is 11.4 Å². The summed E-state index contributed by atoms with van der Waals surface area (Å²) >= 11 is 0. The molecule has 3 heterocycles. The zero-order valence-corrected chi connectivity index (χ0v) is 16.5. The SMILES string of the molecule is CCN1CCN(c2ccccc2NC(=O)CCc2nc(-c3ccco3)no2)CC1. The van der Waals surface area contributed by atoms with Gasteiger partial charge < -0.3 is 24.1 Å². The van der Waals surface area contributed by atoms with Crippen LogP contribution in [0.3, 0.4) is 0 Å². The van der Waals surface area contributed by atoms with E-state index in [0.717, 1.165) is 44.1 Å². The second-order valence-corrected chi connectivity index (χ2v) is 6.98. The van der Waals surface area contributed by atoms with E-state index < -0.39 is 0 Å². The lowest BCUT2D eigenvalue weighted by Gasteiger charge is -2.36. The van der Waals surface area contributed by atoms with E-state index >= 15 is 0 Å². The first-order valence-corrected chi connectivity index (χ1v) is 9.95. The average Bonchev–Trinajstić information content (AvgIpc) is 3.45. The second-order valence-electron chi connectivity index (χ2n) is 6.98. The average molecular weight is 395 g/mol. The van der Waals surface area contributed by atoms with Gasteiger partial charge in [-0.2, -0.15) is 4.98 Å². The van der Waals surface area contributed by atoms with Crippen molar-refractivity contribution in [2.45, 2.75) is 19.8 Å². The van der Waals surface area contributed by atoms with E-state index in [2.05, 4.69) is 38.2 Å². The minimum atomic E-state index is -0.0811. The Labute approximate surface area is 169 Å². The normalized spacial score (nSPS) is 14.9. The van der Waals surface area contributed by atoms with Gasteiger partial charge in [-0.25, -0.2) is 0 Å². The number of anilines is 2. The van der Waals surface area contributed by atoms with E-state index in [-0.39, 0.29) is 12.3 Å². The van der Waals surface area contributed by atoms with E-state index in [9.17, 15) is 4.79 Å². The van der Waals surface area contributed by atoms with E-state index in [1.54, 1.807) is 18.4 Å². The number of hydrogen-bond acceptors (Lipinski definition) is 7. The molecule has 0 radical (unpaired) electrons. The Morgan fingerprint density at radius 2 is 1.97 bits per heavy atom. The highest BCUT2D eigenvalue weighted by Crippen LogP contribution is 2.27. The van der Waals surface area contributed by atoms with Gasteiger partial charge in [-0.3, -0.25) is 4.79 Å². The minimum Gasteiger partial charge on any atom is -0.461 e. The number of piperazine rings is 1. The molecule has 2 aromatic heterocycles. The molecule has 1 aliphatic rings. The zero-order chi connectivity index (χ0) is 20.1. The maximum absolute atomic E-state index is 12.5. The number of hydrogen-bond donors (Lipinski definition) is 1. The predicted octanol–water partition coefficient (Wildman–Crippen LogP) is 3.04. The van der Waals surface area contributed by atoms with Crippen LogP contribution >= 0.6 is 0 Å². The maximum Gasteiger partial charge on any atom is 0.238 e. The summed E-state index contributed by atoms with van der Waals surface area (Å²) in [7, 11) is 0. The van der Waals surface area contributed by atoms with Crippen LogP contribution in [-0.2, 0) is 11.2 Å². The van der Waals surface area contributed by atoms with Gasteiger partial charge in [0.1, 0.15) is 0 Å². The molecule has 0 spiro atoms. The molecule has 4 rings (SSSR count). The third kappa shape index (κ3) is 4.65. The number of likely N-dealkylation sites (N-methyl/N-ethyl adjacent to an activating group) is 1. The number of carbonyl (C=O) groups is 1. The van der Waals surface area contributed by atoms with Crippen molar-refractivity contribution in [3.63, 3.8) is 0 Å². The number of carbonyl (C=O) groups excluding carboxylic acids is 1. The van der Waals surface area contributed by atoms with Gasteiger partial charge in [0.05, 0.1) is 17.6 Å². The fourth-order valence-electron chi connectivity index (χ4n) is 3.46. The van der Waals surface area contributed by atoms with Crippen molar-refractivity contribution < 1.29 is 13.7 Å². The first-order valence-electron chi connectivity index (χ1n) is 9.95. The van der Waals surface area contributed by atoms with Crippen molar-refractivity contribution in [3.05, 3.63) is 48.6 Å². The summed E-state index contributed by atoms with van der Waals surface area (Å²) in [6.07, 6.45) is 2.19. The molecule has 1 saturated heterocycles. The lowest BCUT2D eigenvalue weighted by atomic mass is 10.2. The van der Waals surface area contributed by atoms with Crippen molar-refractivity contribution in [3.8, 4) is 11.6 Å². The summed E-state index contributed by atoms with van der Waals surface area (Å²) in [5.41, 5.74) is 1.90. The van der Waals surface area contributed by atoms with E-state index in [0.29, 0.717) is 23.9 Å². The van der Waals surface area contributed by atoms with Crippen molar-refractivity contribution >= 4 is 17.3 Å². The molecule has 8 heteroatoms. The number of nitrogens with one attached hydrogen (secondary N) is 1. The molecule has 0 unspecified atom stereocenters. The fraction of sp³-hybridized carbons (Fsp3) is 0.381. The summed E-state index contributed by atoms with van der Waals surface area (Å²) in [4.78, 5) is 21.5. The molecule has 0 saturated carbocycles. The summed E-state index contributed by atoms with van der Waals surface area (Å²) in [6, 6.07) is 11.5. The third-order valence-electron chi connectivity index (χ3n) is 5.11. The lowest BCUT2D eigenvalue weighted by Crippen LogP contribution is -2.46. The van der Waals surface area contributed by atoms with Gasteiger partial charge in [0, 0.05) is 39.0 Å². The lowest BCUT2D eigenvalue weighted by molar-refractivity contribution is -0.116. The molecule has 3 aromatic rings. The maximum atomic E-state index is 12.5. The molecule has 152 valence electrons. The smallest absolute Gasteiger partial charge is 0.238 e. The highest BCUT2D eigenvalue weighted by Gasteiger charge is 2.19. The molecular weight excluding hydrogens is 370 g/mol. The molecule has 1 N–H and O–H groups in total. The van der Waals surface area contributed by atoms with E-state index in [1.807, 2.05) is 18.2 Å². The topological polar surface area (TPSA) is 87.6 Å². The predicted molar refractivity (Wildman–Crippen MR) is 110 cm³/mol. The van der Waals surface area contributed by atoms with Crippen LogP contribution in [0.15, 0.2) is 51.6 Å². The molecule has 1 aliphatic heterocycles. The zero-order valence-electron chi connectivity index (χ0n) is 16.5. The number of amides is 1. The summed E-state index contributed by atoms with van der Waals surface area (Å²) in [6.45, 7) is 7.24. The van der Waals surface area contributed by atoms with Gasteiger partial charge in [0.15, 0.2) is 5.76 Å². The largest absolute Gasteiger partial charge is 0.461 e. The Morgan fingerprint density at radius 1 is 1.14 bits per heavy atom. The molecule has 1 aromatic carbocycles. The Morgan fingerprint density at radius 3 is 2.72 bits per heavy atom. The first-order chi connectivity index (χ1) is 14.2. The Bertz CT molecular complexity index is 929. The molecule has 1 fully saturated rings. The second kappa shape index (κ2) is 8.91. The van der Waals surface area contributed by atoms with E-state index in [1.165, 1.54) is 0 Å². The van der Waals surface area contributed by atoms with Gasteiger partial charge in [-0.1, -0.05) is 24.2 Å². The van der Waals surface area contributed by atoms with Gasteiger partial charge in [0.25, 0.3) is 0 Å². The number of para-hydroxylation sites is 2. The summed E-state index contributed by atoms with van der Waals surface area (Å²) in [5, 5.41) is 6.92. The van der Waals surface area contributed by atoms with Crippen molar-refractivity contribution in [1.82, 2.24) is 15.0 Å². The van der Waals surface area contributed by atoms with Gasteiger partial charge >= 0.3 is 0 Å². The number of aromatic nitrogens is 2. The fourth-order valence-corrected chi connectivity index (χ4v) is 3.46.